The second-order valence-corrected chi connectivity index (χ2v) is 8.48. The first-order valence-electron chi connectivity index (χ1n) is 7.74. The standard InChI is InChI=1S/C15H20N4O3S3/c1-4-22-13(21)10-5-6-23-12(10)17-11(20)8-24-15-19-18-14(25-15)16-7-9(2)3/h5-6,9H,4,7-8H2,1-3H3,(H,16,18)(H,17,20). The minimum Gasteiger partial charge on any atom is -0.462 e. The maximum atomic E-state index is 12.1. The number of nitrogens with one attached hydrogen (secondary N) is 2. The molecule has 0 aliphatic rings. The zero-order valence-corrected chi connectivity index (χ0v) is 16.6. The molecule has 0 aliphatic carbocycles. The Bertz CT molecular complexity index is 714. The third-order valence-corrected chi connectivity index (χ3v) is 5.65. The van der Waals surface area contributed by atoms with E-state index >= 15 is 0 Å². The summed E-state index contributed by atoms with van der Waals surface area (Å²) in [6.45, 7) is 7.09. The van der Waals surface area contributed by atoms with Gasteiger partial charge in [0.2, 0.25) is 11.0 Å². The van der Waals surface area contributed by atoms with Crippen LogP contribution in [0.15, 0.2) is 15.8 Å². The molecule has 2 aromatic heterocycles. The molecule has 0 atom stereocenters. The molecular formula is C15H20N4O3S3. The predicted molar refractivity (Wildman–Crippen MR) is 103 cm³/mol. The van der Waals surface area contributed by atoms with E-state index in [1.54, 1.807) is 18.4 Å². The van der Waals surface area contributed by atoms with E-state index in [2.05, 4.69) is 34.7 Å². The van der Waals surface area contributed by atoms with Crippen LogP contribution in [-0.2, 0) is 9.53 Å². The van der Waals surface area contributed by atoms with Gasteiger partial charge in [0, 0.05) is 6.54 Å². The Balaban J connectivity index is 1.83. The van der Waals surface area contributed by atoms with Crippen LogP contribution in [0.1, 0.15) is 31.1 Å². The quantitative estimate of drug-likeness (QED) is 0.491. The number of rotatable bonds is 9. The molecule has 0 spiro atoms. The number of aromatic nitrogens is 2. The Morgan fingerprint density at radius 1 is 1.36 bits per heavy atom. The normalized spacial score (nSPS) is 10.7. The summed E-state index contributed by atoms with van der Waals surface area (Å²) in [5.74, 6) is 0.0747. The monoisotopic (exact) mass is 400 g/mol. The molecule has 2 aromatic rings. The minimum absolute atomic E-state index is 0.193. The Hall–Kier alpha value is -1.65. The van der Waals surface area contributed by atoms with Gasteiger partial charge in [-0.15, -0.1) is 21.5 Å². The van der Waals surface area contributed by atoms with Crippen LogP contribution >= 0.6 is 34.4 Å². The zero-order valence-electron chi connectivity index (χ0n) is 14.2. The lowest BCUT2D eigenvalue weighted by atomic mass is 10.2. The Morgan fingerprint density at radius 2 is 2.16 bits per heavy atom. The van der Waals surface area contributed by atoms with E-state index in [1.807, 2.05) is 0 Å². The highest BCUT2D eigenvalue weighted by Gasteiger charge is 2.16. The number of nitrogens with zero attached hydrogens (tertiary/aromatic N) is 2. The molecule has 1 amide bonds. The van der Waals surface area contributed by atoms with Crippen LogP contribution in [0.4, 0.5) is 10.1 Å². The summed E-state index contributed by atoms with van der Waals surface area (Å²) in [6, 6.07) is 1.64. The first kappa shape index (κ1) is 19.7. The van der Waals surface area contributed by atoms with Gasteiger partial charge in [0.25, 0.3) is 0 Å². The van der Waals surface area contributed by atoms with Gasteiger partial charge in [0.15, 0.2) is 4.34 Å². The van der Waals surface area contributed by atoms with Crippen LogP contribution in [-0.4, -0.2) is 41.0 Å². The van der Waals surface area contributed by atoms with Crippen molar-refractivity contribution in [1.82, 2.24) is 10.2 Å². The van der Waals surface area contributed by atoms with Gasteiger partial charge in [-0.25, -0.2) is 4.79 Å². The molecule has 0 saturated carbocycles. The third kappa shape index (κ3) is 6.29. The van der Waals surface area contributed by atoms with Crippen LogP contribution in [0.25, 0.3) is 0 Å². The van der Waals surface area contributed by atoms with E-state index in [9.17, 15) is 9.59 Å². The van der Waals surface area contributed by atoms with E-state index in [0.29, 0.717) is 23.1 Å². The zero-order chi connectivity index (χ0) is 18.2. The van der Waals surface area contributed by atoms with E-state index < -0.39 is 5.97 Å². The lowest BCUT2D eigenvalue weighted by Gasteiger charge is -2.05. The molecule has 10 heteroatoms. The molecule has 2 rings (SSSR count). The van der Waals surface area contributed by atoms with Crippen molar-refractivity contribution in [3.63, 3.8) is 0 Å². The fourth-order valence-electron chi connectivity index (χ4n) is 1.70. The number of hydrogen-bond donors (Lipinski definition) is 2. The summed E-state index contributed by atoms with van der Waals surface area (Å²) in [7, 11) is 0. The van der Waals surface area contributed by atoms with Crippen molar-refractivity contribution in [2.45, 2.75) is 25.1 Å². The molecular weight excluding hydrogens is 380 g/mol. The molecule has 0 radical (unpaired) electrons. The number of thiophene rings is 1. The van der Waals surface area contributed by atoms with E-state index in [0.717, 1.165) is 16.0 Å². The maximum Gasteiger partial charge on any atom is 0.341 e. The van der Waals surface area contributed by atoms with Crippen molar-refractivity contribution in [2.75, 3.05) is 29.5 Å². The molecule has 0 bridgehead atoms. The molecule has 2 heterocycles. The highest BCUT2D eigenvalue weighted by atomic mass is 32.2. The first-order valence-corrected chi connectivity index (χ1v) is 10.4. The molecule has 136 valence electrons. The summed E-state index contributed by atoms with van der Waals surface area (Å²) in [5.41, 5.74) is 0.376. The molecule has 0 fully saturated rings. The lowest BCUT2D eigenvalue weighted by Crippen LogP contribution is -2.15. The highest BCUT2D eigenvalue weighted by molar-refractivity contribution is 8.01. The van der Waals surface area contributed by atoms with Gasteiger partial charge in [-0.2, -0.15) is 0 Å². The predicted octanol–water partition coefficient (Wildman–Crippen LogP) is 3.58. The van der Waals surface area contributed by atoms with Crippen LogP contribution in [0.2, 0.25) is 0 Å². The summed E-state index contributed by atoms with van der Waals surface area (Å²) in [6.07, 6.45) is 0. The van der Waals surface area contributed by atoms with Crippen LogP contribution in [0, 0.1) is 5.92 Å². The number of carbonyl (C=O) groups is 2. The van der Waals surface area contributed by atoms with Crippen molar-refractivity contribution < 1.29 is 14.3 Å². The number of thioether (sulfide) groups is 1. The Morgan fingerprint density at radius 3 is 2.88 bits per heavy atom. The number of carbonyl (C=O) groups excluding carboxylic acids is 2. The lowest BCUT2D eigenvalue weighted by molar-refractivity contribution is -0.113. The molecule has 7 nitrogen and oxygen atoms in total. The van der Waals surface area contributed by atoms with Crippen molar-refractivity contribution in [1.29, 1.82) is 0 Å². The Kier molecular flexibility index (Phi) is 7.66. The summed E-state index contributed by atoms with van der Waals surface area (Å²) >= 11 is 4.02. The maximum absolute atomic E-state index is 12.1. The fourth-order valence-corrected chi connectivity index (χ4v) is 4.05. The van der Waals surface area contributed by atoms with Gasteiger partial charge in [0.05, 0.1) is 17.9 Å². The summed E-state index contributed by atoms with van der Waals surface area (Å²) < 4.78 is 5.69. The molecule has 0 aliphatic heterocycles. The van der Waals surface area contributed by atoms with Gasteiger partial charge >= 0.3 is 5.97 Å². The van der Waals surface area contributed by atoms with Gasteiger partial charge < -0.3 is 15.4 Å². The number of ether oxygens (including phenoxy) is 1. The molecule has 0 unspecified atom stereocenters. The van der Waals surface area contributed by atoms with E-state index in [1.165, 1.54) is 34.4 Å². The van der Waals surface area contributed by atoms with Gasteiger partial charge in [-0.05, 0) is 24.3 Å². The second kappa shape index (κ2) is 9.73. The van der Waals surface area contributed by atoms with Crippen LogP contribution in [0.3, 0.4) is 0 Å². The Labute approximate surface area is 158 Å². The smallest absolute Gasteiger partial charge is 0.341 e. The summed E-state index contributed by atoms with van der Waals surface area (Å²) in [5, 5.41) is 17.0. The summed E-state index contributed by atoms with van der Waals surface area (Å²) in [4.78, 5) is 23.9. The minimum atomic E-state index is -0.434. The first-order chi connectivity index (χ1) is 12.0. The van der Waals surface area contributed by atoms with Gasteiger partial charge in [0.1, 0.15) is 5.00 Å². The number of anilines is 2. The van der Waals surface area contributed by atoms with Crippen LogP contribution in [0.5, 0.6) is 0 Å². The van der Waals surface area contributed by atoms with Crippen molar-refractivity contribution in [2.24, 2.45) is 5.92 Å². The third-order valence-electron chi connectivity index (χ3n) is 2.81. The van der Waals surface area contributed by atoms with Gasteiger partial charge in [-0.1, -0.05) is 36.9 Å². The highest BCUT2D eigenvalue weighted by Crippen LogP contribution is 2.27. The molecule has 25 heavy (non-hydrogen) atoms. The van der Waals surface area contributed by atoms with E-state index in [-0.39, 0.29) is 11.7 Å². The van der Waals surface area contributed by atoms with Crippen LogP contribution < -0.4 is 10.6 Å². The average molecular weight is 401 g/mol. The number of esters is 1. The average Bonchev–Trinajstić information content (AvgIpc) is 3.20. The number of amides is 1. The van der Waals surface area contributed by atoms with Crippen molar-refractivity contribution >= 4 is 56.4 Å². The van der Waals surface area contributed by atoms with Crippen molar-refractivity contribution in [3.05, 3.63) is 17.0 Å². The largest absolute Gasteiger partial charge is 0.462 e. The van der Waals surface area contributed by atoms with Crippen molar-refractivity contribution in [3.8, 4) is 0 Å². The SMILES string of the molecule is CCOC(=O)c1ccsc1NC(=O)CSc1nnc(NCC(C)C)s1. The molecule has 2 N–H and O–H groups in total. The van der Waals surface area contributed by atoms with E-state index in [4.69, 9.17) is 4.74 Å². The fraction of sp³-hybridized carbons (Fsp3) is 0.467. The topological polar surface area (TPSA) is 93.2 Å². The second-order valence-electron chi connectivity index (χ2n) is 5.37. The molecule has 0 saturated heterocycles. The molecule has 0 aromatic carbocycles. The number of hydrogen-bond acceptors (Lipinski definition) is 9. The van der Waals surface area contributed by atoms with Gasteiger partial charge in [-0.3, -0.25) is 4.79 Å².